The lowest BCUT2D eigenvalue weighted by atomic mass is 10.1. The molecule has 1 aromatic rings. The molecular weight excluding hydrogens is 245 g/mol. The molecule has 0 heterocycles. The van der Waals surface area contributed by atoms with Gasteiger partial charge in [0.15, 0.2) is 0 Å². The van der Waals surface area contributed by atoms with E-state index in [2.05, 4.69) is 19.2 Å². The fourth-order valence-electron chi connectivity index (χ4n) is 1.39. The Morgan fingerprint density at radius 1 is 1.12 bits per heavy atom. The number of aliphatic hydroxyl groups excluding tert-OH is 1. The van der Waals surface area contributed by atoms with E-state index in [4.69, 9.17) is 23.2 Å². The van der Waals surface area contributed by atoms with Crippen LogP contribution in [0, 0.1) is 5.92 Å². The maximum absolute atomic E-state index is 9.90. The molecule has 2 nitrogen and oxygen atoms in total. The van der Waals surface area contributed by atoms with E-state index in [0.29, 0.717) is 22.5 Å². The summed E-state index contributed by atoms with van der Waals surface area (Å²) >= 11 is 11.7. The monoisotopic (exact) mass is 261 g/mol. The lowest BCUT2D eigenvalue weighted by Gasteiger charge is -2.14. The second-order valence-electron chi connectivity index (χ2n) is 4.27. The summed E-state index contributed by atoms with van der Waals surface area (Å²) in [6.45, 7) is 5.63. The second kappa shape index (κ2) is 6.45. The average Bonchev–Trinajstić information content (AvgIpc) is 2.15. The lowest BCUT2D eigenvalue weighted by Crippen LogP contribution is -2.25. The summed E-state index contributed by atoms with van der Waals surface area (Å²) < 4.78 is 0. The molecule has 0 aromatic heterocycles. The average molecular weight is 262 g/mol. The molecule has 16 heavy (non-hydrogen) atoms. The predicted molar refractivity (Wildman–Crippen MR) is 69.1 cm³/mol. The van der Waals surface area contributed by atoms with Gasteiger partial charge in [-0.3, -0.25) is 0 Å². The van der Waals surface area contributed by atoms with Gasteiger partial charge in [0.05, 0.1) is 6.10 Å². The van der Waals surface area contributed by atoms with Crippen LogP contribution in [0.5, 0.6) is 0 Å². The summed E-state index contributed by atoms with van der Waals surface area (Å²) in [5.74, 6) is 0.565. The van der Waals surface area contributed by atoms with E-state index >= 15 is 0 Å². The van der Waals surface area contributed by atoms with Crippen LogP contribution in [0.3, 0.4) is 0 Å². The van der Waals surface area contributed by atoms with Crippen molar-refractivity contribution < 1.29 is 5.11 Å². The van der Waals surface area contributed by atoms with Crippen molar-refractivity contribution in [1.29, 1.82) is 0 Å². The first-order chi connectivity index (χ1) is 7.49. The van der Waals surface area contributed by atoms with E-state index < -0.39 is 6.10 Å². The molecule has 90 valence electrons. The minimum absolute atomic E-state index is 0.509. The van der Waals surface area contributed by atoms with Gasteiger partial charge in [0, 0.05) is 16.6 Å². The highest BCUT2D eigenvalue weighted by Crippen LogP contribution is 2.23. The van der Waals surface area contributed by atoms with E-state index in [-0.39, 0.29) is 0 Å². The summed E-state index contributed by atoms with van der Waals surface area (Å²) in [7, 11) is 0. The number of hydrogen-bond donors (Lipinski definition) is 2. The lowest BCUT2D eigenvalue weighted by molar-refractivity contribution is 0.173. The number of aliphatic hydroxyl groups is 1. The van der Waals surface area contributed by atoms with Crippen molar-refractivity contribution >= 4 is 23.2 Å². The smallest absolute Gasteiger partial charge is 0.0915 e. The number of halogens is 2. The van der Waals surface area contributed by atoms with E-state index in [1.807, 2.05) is 0 Å². The van der Waals surface area contributed by atoms with Gasteiger partial charge < -0.3 is 10.4 Å². The Labute approximate surface area is 107 Å². The predicted octanol–water partition coefficient (Wildman–Crippen LogP) is 3.27. The fraction of sp³-hybridized carbons (Fsp3) is 0.500. The summed E-state index contributed by atoms with van der Waals surface area (Å²) in [6.07, 6.45) is -0.574. The Morgan fingerprint density at radius 2 is 1.69 bits per heavy atom. The van der Waals surface area contributed by atoms with Crippen LogP contribution in [0.2, 0.25) is 10.0 Å². The first kappa shape index (κ1) is 13.8. The van der Waals surface area contributed by atoms with Gasteiger partial charge in [-0.15, -0.1) is 0 Å². The molecule has 0 saturated heterocycles. The van der Waals surface area contributed by atoms with E-state index in [9.17, 15) is 5.11 Å². The van der Waals surface area contributed by atoms with Crippen molar-refractivity contribution in [2.75, 3.05) is 13.1 Å². The molecule has 0 radical (unpaired) electrons. The zero-order valence-electron chi connectivity index (χ0n) is 9.50. The van der Waals surface area contributed by atoms with Crippen LogP contribution in [0.1, 0.15) is 25.5 Å². The van der Waals surface area contributed by atoms with Crippen molar-refractivity contribution in [3.63, 3.8) is 0 Å². The van der Waals surface area contributed by atoms with Gasteiger partial charge in [-0.1, -0.05) is 37.0 Å². The van der Waals surface area contributed by atoms with Crippen molar-refractivity contribution in [3.05, 3.63) is 33.8 Å². The molecule has 0 amide bonds. The molecule has 4 heteroatoms. The molecule has 1 aromatic carbocycles. The van der Waals surface area contributed by atoms with Gasteiger partial charge in [0.2, 0.25) is 0 Å². The van der Waals surface area contributed by atoms with Crippen molar-refractivity contribution in [1.82, 2.24) is 5.32 Å². The van der Waals surface area contributed by atoms with Gasteiger partial charge in [-0.2, -0.15) is 0 Å². The Morgan fingerprint density at radius 3 is 2.19 bits per heavy atom. The molecule has 0 spiro atoms. The molecule has 0 saturated carbocycles. The summed E-state index contributed by atoms with van der Waals surface area (Å²) in [6, 6.07) is 5.12. The normalized spacial score (nSPS) is 13.1. The Hall–Kier alpha value is -0.280. The standard InChI is InChI=1S/C12H17Cl2NO/c1-8(2)6-15-7-12(16)9-3-10(13)5-11(14)4-9/h3-5,8,12,15-16H,6-7H2,1-2H3. The second-order valence-corrected chi connectivity index (χ2v) is 5.14. The van der Waals surface area contributed by atoms with Gasteiger partial charge >= 0.3 is 0 Å². The molecule has 0 fully saturated rings. The molecule has 0 aliphatic heterocycles. The molecule has 1 unspecified atom stereocenters. The highest BCUT2D eigenvalue weighted by molar-refractivity contribution is 6.34. The van der Waals surface area contributed by atoms with Crippen LogP contribution in [-0.2, 0) is 0 Å². The van der Waals surface area contributed by atoms with Crippen molar-refractivity contribution in [2.24, 2.45) is 5.92 Å². The maximum Gasteiger partial charge on any atom is 0.0915 e. The largest absolute Gasteiger partial charge is 0.387 e. The summed E-state index contributed by atoms with van der Waals surface area (Å²) in [4.78, 5) is 0. The highest BCUT2D eigenvalue weighted by atomic mass is 35.5. The first-order valence-electron chi connectivity index (χ1n) is 5.34. The van der Waals surface area contributed by atoms with Crippen LogP contribution in [0.4, 0.5) is 0 Å². The third-order valence-electron chi connectivity index (χ3n) is 2.16. The maximum atomic E-state index is 9.90. The molecule has 0 aliphatic carbocycles. The van der Waals surface area contributed by atoms with Crippen LogP contribution in [-0.4, -0.2) is 18.2 Å². The molecule has 0 bridgehead atoms. The van der Waals surface area contributed by atoms with E-state index in [0.717, 1.165) is 12.1 Å². The minimum atomic E-state index is -0.574. The van der Waals surface area contributed by atoms with Gasteiger partial charge in [-0.05, 0) is 36.2 Å². The molecule has 1 rings (SSSR count). The third kappa shape index (κ3) is 4.71. The van der Waals surface area contributed by atoms with Gasteiger partial charge in [-0.25, -0.2) is 0 Å². The van der Waals surface area contributed by atoms with Gasteiger partial charge in [0.25, 0.3) is 0 Å². The molecule has 1 atom stereocenters. The van der Waals surface area contributed by atoms with Crippen LogP contribution in [0.15, 0.2) is 18.2 Å². The number of hydrogen-bond acceptors (Lipinski definition) is 2. The quantitative estimate of drug-likeness (QED) is 0.853. The Kier molecular flexibility index (Phi) is 5.56. The highest BCUT2D eigenvalue weighted by Gasteiger charge is 2.09. The molecular formula is C12H17Cl2NO. The fourth-order valence-corrected chi connectivity index (χ4v) is 1.94. The molecule has 2 N–H and O–H groups in total. The summed E-state index contributed by atoms with van der Waals surface area (Å²) in [5.41, 5.74) is 0.744. The minimum Gasteiger partial charge on any atom is -0.387 e. The summed E-state index contributed by atoms with van der Waals surface area (Å²) in [5, 5.41) is 14.2. The van der Waals surface area contributed by atoms with Crippen LogP contribution < -0.4 is 5.32 Å². The third-order valence-corrected chi connectivity index (χ3v) is 2.60. The topological polar surface area (TPSA) is 32.3 Å². The first-order valence-corrected chi connectivity index (χ1v) is 6.09. The van der Waals surface area contributed by atoms with E-state index in [1.165, 1.54) is 0 Å². The van der Waals surface area contributed by atoms with E-state index in [1.54, 1.807) is 18.2 Å². The number of benzene rings is 1. The molecule has 0 aliphatic rings. The number of nitrogens with one attached hydrogen (secondary N) is 1. The van der Waals surface area contributed by atoms with Crippen molar-refractivity contribution in [2.45, 2.75) is 20.0 Å². The zero-order chi connectivity index (χ0) is 12.1. The van der Waals surface area contributed by atoms with Crippen molar-refractivity contribution in [3.8, 4) is 0 Å². The van der Waals surface area contributed by atoms with Crippen LogP contribution in [0.25, 0.3) is 0 Å². The van der Waals surface area contributed by atoms with Gasteiger partial charge in [0.1, 0.15) is 0 Å². The van der Waals surface area contributed by atoms with Crippen LogP contribution >= 0.6 is 23.2 Å². The Bertz CT molecular complexity index is 322. The Balaban J connectivity index is 2.55. The zero-order valence-corrected chi connectivity index (χ0v) is 11.0. The SMILES string of the molecule is CC(C)CNCC(O)c1cc(Cl)cc(Cl)c1. The number of rotatable bonds is 5.